The smallest absolute Gasteiger partial charge is 0.127 e. The van der Waals surface area contributed by atoms with Gasteiger partial charge in [-0.3, -0.25) is 4.90 Å². The van der Waals surface area contributed by atoms with Gasteiger partial charge in [-0.2, -0.15) is 0 Å². The highest BCUT2D eigenvalue weighted by atomic mass is 19.1. The third-order valence-corrected chi connectivity index (χ3v) is 5.70. The van der Waals surface area contributed by atoms with E-state index < -0.39 is 5.60 Å². The van der Waals surface area contributed by atoms with E-state index in [0.29, 0.717) is 19.6 Å². The van der Waals surface area contributed by atoms with Gasteiger partial charge in [-0.05, 0) is 86.8 Å². The third-order valence-electron chi connectivity index (χ3n) is 5.70. The van der Waals surface area contributed by atoms with E-state index in [1.165, 1.54) is 30.5 Å². The van der Waals surface area contributed by atoms with Crippen LogP contribution in [-0.4, -0.2) is 48.5 Å². The normalized spacial score (nSPS) is 17.1. The van der Waals surface area contributed by atoms with Gasteiger partial charge in [0.25, 0.3) is 0 Å². The van der Waals surface area contributed by atoms with Gasteiger partial charge in [-0.25, -0.2) is 4.39 Å². The Kier molecular flexibility index (Phi) is 6.11. The van der Waals surface area contributed by atoms with Crippen LogP contribution in [0.15, 0.2) is 48.0 Å². The van der Waals surface area contributed by atoms with Gasteiger partial charge in [0.1, 0.15) is 23.9 Å². The highest BCUT2D eigenvalue weighted by Crippen LogP contribution is 2.40. The van der Waals surface area contributed by atoms with Crippen LogP contribution in [0.1, 0.15) is 44.2 Å². The second-order valence-electron chi connectivity index (χ2n) is 8.83. The number of benzene rings is 2. The first kappa shape index (κ1) is 20.9. The molecule has 0 amide bonds. The molecule has 4 nitrogen and oxygen atoms in total. The molecule has 2 aliphatic heterocycles. The maximum absolute atomic E-state index is 13.6. The second-order valence-corrected chi connectivity index (χ2v) is 8.83. The van der Waals surface area contributed by atoms with Crippen LogP contribution in [0, 0.1) is 5.82 Å². The summed E-state index contributed by atoms with van der Waals surface area (Å²) >= 11 is 0. The lowest BCUT2D eigenvalue weighted by Gasteiger charge is -2.28. The first-order valence-electron chi connectivity index (χ1n) is 10.7. The summed E-state index contributed by atoms with van der Waals surface area (Å²) in [5.74, 6) is 1.31. The molecule has 2 aromatic carbocycles. The molecule has 0 atom stereocenters. The van der Waals surface area contributed by atoms with Crippen LogP contribution in [0.25, 0.3) is 5.57 Å². The van der Waals surface area contributed by atoms with Gasteiger partial charge in [0, 0.05) is 18.5 Å². The molecule has 0 bridgehead atoms. The fourth-order valence-electron chi connectivity index (χ4n) is 4.08. The van der Waals surface area contributed by atoms with Crippen molar-refractivity contribution in [1.82, 2.24) is 4.90 Å². The van der Waals surface area contributed by atoms with Crippen molar-refractivity contribution in [2.45, 2.75) is 38.7 Å². The first-order valence-corrected chi connectivity index (χ1v) is 10.7. The van der Waals surface area contributed by atoms with Gasteiger partial charge >= 0.3 is 0 Å². The molecule has 2 heterocycles. The molecule has 2 aromatic rings. The molecule has 1 saturated heterocycles. The van der Waals surface area contributed by atoms with Crippen molar-refractivity contribution in [2.24, 2.45) is 0 Å². The lowest BCUT2D eigenvalue weighted by molar-refractivity contribution is 0.0553. The number of fused-ring (bicyclic) bond motifs is 1. The van der Waals surface area contributed by atoms with Crippen molar-refractivity contribution in [1.29, 1.82) is 0 Å². The number of rotatable bonds is 7. The van der Waals surface area contributed by atoms with Crippen molar-refractivity contribution in [3.63, 3.8) is 0 Å². The summed E-state index contributed by atoms with van der Waals surface area (Å²) in [5, 5.41) is 9.93. The number of halogens is 1. The van der Waals surface area contributed by atoms with Gasteiger partial charge in [-0.1, -0.05) is 12.1 Å². The summed E-state index contributed by atoms with van der Waals surface area (Å²) in [6, 6.07) is 12.5. The Morgan fingerprint density at radius 2 is 1.83 bits per heavy atom. The molecular weight excluding hydrogens is 381 g/mol. The lowest BCUT2D eigenvalue weighted by atomic mass is 9.90. The van der Waals surface area contributed by atoms with Gasteiger partial charge in [-0.15, -0.1) is 0 Å². The van der Waals surface area contributed by atoms with Gasteiger partial charge < -0.3 is 14.6 Å². The van der Waals surface area contributed by atoms with E-state index >= 15 is 0 Å². The predicted molar refractivity (Wildman–Crippen MR) is 116 cm³/mol. The molecule has 0 radical (unpaired) electrons. The van der Waals surface area contributed by atoms with E-state index in [4.69, 9.17) is 9.47 Å². The van der Waals surface area contributed by atoms with Crippen LogP contribution in [0.5, 0.6) is 11.5 Å². The van der Waals surface area contributed by atoms with Crippen molar-refractivity contribution in [2.75, 3.05) is 32.8 Å². The van der Waals surface area contributed by atoms with Gasteiger partial charge in [0.05, 0.1) is 12.2 Å². The quantitative estimate of drug-likeness (QED) is 0.720. The van der Waals surface area contributed by atoms with Crippen LogP contribution < -0.4 is 9.47 Å². The van der Waals surface area contributed by atoms with E-state index in [-0.39, 0.29) is 5.82 Å². The predicted octanol–water partition coefficient (Wildman–Crippen LogP) is 4.66. The van der Waals surface area contributed by atoms with Crippen LogP contribution in [0.4, 0.5) is 4.39 Å². The Morgan fingerprint density at radius 3 is 2.53 bits per heavy atom. The maximum atomic E-state index is 13.6. The lowest BCUT2D eigenvalue weighted by Crippen LogP contribution is -2.27. The van der Waals surface area contributed by atoms with Crippen LogP contribution >= 0.6 is 0 Å². The monoisotopic (exact) mass is 411 g/mol. The summed E-state index contributed by atoms with van der Waals surface area (Å²) in [5.41, 5.74) is 3.52. The Hall–Kier alpha value is -2.37. The number of nitrogens with zero attached hydrogens (tertiary/aromatic N) is 1. The highest BCUT2D eigenvalue weighted by Gasteiger charge is 2.25. The molecule has 160 valence electrons. The summed E-state index contributed by atoms with van der Waals surface area (Å²) < 4.78 is 25.6. The molecule has 1 N–H and O–H groups in total. The van der Waals surface area contributed by atoms with Gasteiger partial charge in [0.2, 0.25) is 0 Å². The standard InChI is InChI=1S/C25H30FNO3/c1-25(2,28)11-14-29-21-9-10-23-22(15-21)24(18-5-7-20(26)8-6-18)19(17-30-23)16-27-12-3-4-13-27/h5-10,15,28H,3-4,11-14,16-17H2,1-2H3. The molecule has 5 heteroatoms. The largest absolute Gasteiger partial charge is 0.493 e. The van der Waals surface area contributed by atoms with Crippen molar-refractivity contribution in [3.05, 3.63) is 65.0 Å². The summed E-state index contributed by atoms with van der Waals surface area (Å²) in [7, 11) is 0. The molecule has 0 spiro atoms. The highest BCUT2D eigenvalue weighted by molar-refractivity contribution is 5.87. The zero-order valence-corrected chi connectivity index (χ0v) is 17.8. The molecule has 2 aliphatic rings. The average Bonchev–Trinajstić information content (AvgIpc) is 3.21. The fourth-order valence-corrected chi connectivity index (χ4v) is 4.08. The van der Waals surface area contributed by atoms with Crippen molar-refractivity contribution >= 4 is 5.57 Å². The summed E-state index contributed by atoms with van der Waals surface area (Å²) in [6.45, 7) is 7.58. The second kappa shape index (κ2) is 8.78. The Bertz CT molecular complexity index is 909. The molecule has 30 heavy (non-hydrogen) atoms. The minimum Gasteiger partial charge on any atom is -0.493 e. The van der Waals surface area contributed by atoms with E-state index in [0.717, 1.165) is 47.8 Å². The molecule has 0 unspecified atom stereocenters. The van der Waals surface area contributed by atoms with Crippen LogP contribution in [0.3, 0.4) is 0 Å². The van der Waals surface area contributed by atoms with E-state index in [9.17, 15) is 9.50 Å². The Morgan fingerprint density at radius 1 is 1.10 bits per heavy atom. The number of hydrogen-bond acceptors (Lipinski definition) is 4. The third kappa shape index (κ3) is 5.02. The Labute approximate surface area is 177 Å². The van der Waals surface area contributed by atoms with Gasteiger partial charge in [0.15, 0.2) is 0 Å². The fraction of sp³-hybridized carbons (Fsp3) is 0.440. The summed E-state index contributed by atoms with van der Waals surface area (Å²) in [6.07, 6.45) is 3.01. The number of aliphatic hydroxyl groups is 1. The van der Waals surface area contributed by atoms with E-state index in [1.807, 2.05) is 30.3 Å². The molecular formula is C25H30FNO3. The zero-order chi connectivity index (χ0) is 21.1. The van der Waals surface area contributed by atoms with Crippen molar-refractivity contribution < 1.29 is 19.0 Å². The van der Waals surface area contributed by atoms with E-state index in [2.05, 4.69) is 4.90 Å². The topological polar surface area (TPSA) is 41.9 Å². The van der Waals surface area contributed by atoms with Crippen molar-refractivity contribution in [3.8, 4) is 11.5 Å². The molecule has 0 saturated carbocycles. The molecule has 1 fully saturated rings. The molecule has 0 aromatic heterocycles. The molecule has 0 aliphatic carbocycles. The van der Waals surface area contributed by atoms with Crippen LogP contribution in [0.2, 0.25) is 0 Å². The Balaban J connectivity index is 1.68. The average molecular weight is 412 g/mol. The molecule has 4 rings (SSSR count). The minimum atomic E-state index is -0.764. The first-order chi connectivity index (χ1) is 14.4. The van der Waals surface area contributed by atoms with E-state index in [1.54, 1.807) is 13.8 Å². The number of likely N-dealkylation sites (tertiary alicyclic amines) is 1. The SMILES string of the molecule is CC(C)(O)CCOc1ccc2c(c1)C(c1ccc(F)cc1)=C(CN1CCCC1)CO2. The number of hydrogen-bond donors (Lipinski definition) is 1. The zero-order valence-electron chi connectivity index (χ0n) is 17.8. The van der Waals surface area contributed by atoms with Crippen LogP contribution in [-0.2, 0) is 0 Å². The maximum Gasteiger partial charge on any atom is 0.127 e. The number of ether oxygens (including phenoxy) is 2. The minimum absolute atomic E-state index is 0.239. The summed E-state index contributed by atoms with van der Waals surface area (Å²) in [4.78, 5) is 2.46.